The van der Waals surface area contributed by atoms with Crippen LogP contribution in [-0.2, 0) is 12.8 Å². The highest BCUT2D eigenvalue weighted by Gasteiger charge is 2.35. The number of carbonyl (C=O) groups excluding carboxylic acids is 2. The van der Waals surface area contributed by atoms with Gasteiger partial charge >= 0.3 is 11.9 Å². The summed E-state index contributed by atoms with van der Waals surface area (Å²) in [6.45, 7) is 8.59. The van der Waals surface area contributed by atoms with E-state index in [1.165, 1.54) is 25.7 Å². The Morgan fingerprint density at radius 1 is 0.370 bits per heavy atom. The SMILES string of the molecule is CCCCCCCCCC(=O)c1c(CCCCCC)c(CCCCCC)c(C(=O)O)c(C(=O)O)c1C(=O)CCCCCCCCC. The lowest BCUT2D eigenvalue weighted by Crippen LogP contribution is -2.25. The molecular weight excluding hydrogens is 576 g/mol. The van der Waals surface area contributed by atoms with Gasteiger partial charge in [-0.05, 0) is 49.7 Å². The van der Waals surface area contributed by atoms with Gasteiger partial charge in [-0.25, -0.2) is 9.59 Å². The third kappa shape index (κ3) is 14.9. The number of hydrogen-bond donors (Lipinski definition) is 2. The summed E-state index contributed by atoms with van der Waals surface area (Å²) in [5, 5.41) is 21.0. The van der Waals surface area contributed by atoms with Gasteiger partial charge < -0.3 is 10.2 Å². The zero-order valence-corrected chi connectivity index (χ0v) is 29.9. The minimum absolute atomic E-state index is 0.121. The highest BCUT2D eigenvalue weighted by molar-refractivity contribution is 6.18. The van der Waals surface area contributed by atoms with Crippen LogP contribution in [0.25, 0.3) is 0 Å². The largest absolute Gasteiger partial charge is 0.478 e. The number of carbonyl (C=O) groups is 4. The van der Waals surface area contributed by atoms with Crippen molar-refractivity contribution in [3.05, 3.63) is 33.4 Å². The van der Waals surface area contributed by atoms with Crippen molar-refractivity contribution >= 4 is 23.5 Å². The first kappa shape index (κ1) is 41.5. The molecule has 262 valence electrons. The summed E-state index contributed by atoms with van der Waals surface area (Å²) in [5.41, 5.74) is 0.449. The van der Waals surface area contributed by atoms with E-state index in [1.54, 1.807) is 0 Å². The number of benzene rings is 1. The minimum atomic E-state index is -1.43. The van der Waals surface area contributed by atoms with E-state index in [4.69, 9.17) is 0 Å². The molecule has 0 aliphatic carbocycles. The fourth-order valence-electron chi connectivity index (χ4n) is 6.63. The zero-order valence-electron chi connectivity index (χ0n) is 29.9. The third-order valence-corrected chi connectivity index (χ3v) is 9.28. The highest BCUT2D eigenvalue weighted by atomic mass is 16.4. The normalized spacial score (nSPS) is 11.2. The van der Waals surface area contributed by atoms with Gasteiger partial charge in [-0.3, -0.25) is 9.59 Å². The molecule has 1 aromatic rings. The molecule has 0 aliphatic heterocycles. The van der Waals surface area contributed by atoms with Gasteiger partial charge in [-0.2, -0.15) is 0 Å². The van der Waals surface area contributed by atoms with Gasteiger partial charge in [-0.15, -0.1) is 0 Å². The first-order valence-corrected chi connectivity index (χ1v) is 19.0. The fraction of sp³-hybridized carbons (Fsp3) is 0.750. The molecular formula is C40H66O6. The lowest BCUT2D eigenvalue weighted by Gasteiger charge is -2.23. The van der Waals surface area contributed by atoms with Crippen molar-refractivity contribution < 1.29 is 29.4 Å². The van der Waals surface area contributed by atoms with Gasteiger partial charge in [0.05, 0.1) is 11.1 Å². The predicted octanol–water partition coefficient (Wildman–Crippen LogP) is 12.0. The quantitative estimate of drug-likeness (QED) is 0.0638. The van der Waals surface area contributed by atoms with E-state index in [0.29, 0.717) is 43.2 Å². The Morgan fingerprint density at radius 2 is 0.674 bits per heavy atom. The molecule has 1 rings (SSSR count). The Morgan fingerprint density at radius 3 is 1.04 bits per heavy atom. The maximum Gasteiger partial charge on any atom is 0.337 e. The molecule has 6 heteroatoms. The lowest BCUT2D eigenvalue weighted by molar-refractivity contribution is 0.0647. The molecule has 0 radical (unpaired) electrons. The molecule has 1 aromatic carbocycles. The van der Waals surface area contributed by atoms with Gasteiger partial charge in [0, 0.05) is 24.0 Å². The summed E-state index contributed by atoms with van der Waals surface area (Å²) >= 11 is 0. The lowest BCUT2D eigenvalue weighted by atomic mass is 9.78. The predicted molar refractivity (Wildman–Crippen MR) is 190 cm³/mol. The van der Waals surface area contributed by atoms with E-state index in [9.17, 15) is 29.4 Å². The number of unbranched alkanes of at least 4 members (excludes halogenated alkanes) is 18. The zero-order chi connectivity index (χ0) is 34.2. The van der Waals surface area contributed by atoms with E-state index >= 15 is 0 Å². The van der Waals surface area contributed by atoms with Gasteiger partial charge in [-0.1, -0.05) is 143 Å². The summed E-state index contributed by atoms with van der Waals surface area (Å²) < 4.78 is 0. The average molecular weight is 643 g/mol. The van der Waals surface area contributed by atoms with E-state index < -0.39 is 23.3 Å². The van der Waals surface area contributed by atoms with Crippen molar-refractivity contribution in [3.8, 4) is 0 Å². The molecule has 46 heavy (non-hydrogen) atoms. The molecule has 0 unspecified atom stereocenters. The molecule has 0 aliphatic rings. The van der Waals surface area contributed by atoms with Crippen LogP contribution in [0.4, 0.5) is 0 Å². The summed E-state index contributed by atoms with van der Waals surface area (Å²) in [4.78, 5) is 54.0. The highest BCUT2D eigenvalue weighted by Crippen LogP contribution is 2.35. The second-order valence-corrected chi connectivity index (χ2v) is 13.3. The fourth-order valence-corrected chi connectivity index (χ4v) is 6.63. The van der Waals surface area contributed by atoms with Crippen LogP contribution < -0.4 is 0 Å². The molecule has 0 saturated heterocycles. The first-order valence-electron chi connectivity index (χ1n) is 19.0. The standard InChI is InChI=1S/C40H66O6/c1-5-9-13-17-19-21-25-29-33(41)35-31(27-23-15-11-7-3)32(28-24-16-12-8-4)36(39(43)44)38(40(45)46)37(35)34(42)30-26-22-20-18-14-10-6-2/h5-30H2,1-4H3,(H,43,44)(H,45,46). The number of carboxylic acids is 2. The van der Waals surface area contributed by atoms with E-state index in [-0.39, 0.29) is 35.3 Å². The number of Topliss-reactive ketones (excluding diaryl/α,β-unsaturated/α-hetero) is 2. The van der Waals surface area contributed by atoms with Gasteiger partial charge in [0.2, 0.25) is 0 Å². The first-order chi connectivity index (χ1) is 22.3. The summed E-state index contributed by atoms with van der Waals surface area (Å²) in [6.07, 6.45) is 23.0. The van der Waals surface area contributed by atoms with Gasteiger partial charge in [0.1, 0.15) is 0 Å². The third-order valence-electron chi connectivity index (χ3n) is 9.28. The Bertz CT molecular complexity index is 1060. The van der Waals surface area contributed by atoms with Crippen LogP contribution in [0.5, 0.6) is 0 Å². The van der Waals surface area contributed by atoms with Crippen LogP contribution in [0.15, 0.2) is 0 Å². The summed E-state index contributed by atoms with van der Waals surface area (Å²) in [5.74, 6) is -3.36. The molecule has 0 aromatic heterocycles. The second-order valence-electron chi connectivity index (χ2n) is 13.3. The molecule has 0 atom stereocenters. The average Bonchev–Trinajstić information content (AvgIpc) is 3.03. The molecule has 0 amide bonds. The second kappa shape index (κ2) is 25.6. The number of carboxylic acid groups (broad SMARTS) is 2. The van der Waals surface area contributed by atoms with Crippen LogP contribution in [0, 0.1) is 0 Å². The van der Waals surface area contributed by atoms with E-state index in [2.05, 4.69) is 27.7 Å². The molecule has 0 bridgehead atoms. The molecule has 0 fully saturated rings. The Kier molecular flexibility index (Phi) is 23.1. The molecule has 0 heterocycles. The monoisotopic (exact) mass is 642 g/mol. The smallest absolute Gasteiger partial charge is 0.337 e. The van der Waals surface area contributed by atoms with Crippen molar-refractivity contribution in [1.82, 2.24) is 0 Å². The van der Waals surface area contributed by atoms with E-state index in [1.807, 2.05) is 0 Å². The maximum absolute atomic E-state index is 14.2. The van der Waals surface area contributed by atoms with Crippen LogP contribution in [0.2, 0.25) is 0 Å². The Hall–Kier alpha value is -2.50. The van der Waals surface area contributed by atoms with Crippen LogP contribution in [-0.4, -0.2) is 33.7 Å². The topological polar surface area (TPSA) is 109 Å². The van der Waals surface area contributed by atoms with Crippen molar-refractivity contribution in [2.75, 3.05) is 0 Å². The molecule has 6 nitrogen and oxygen atoms in total. The Balaban J connectivity index is 3.68. The van der Waals surface area contributed by atoms with Crippen LogP contribution in [0.1, 0.15) is 234 Å². The van der Waals surface area contributed by atoms with Gasteiger partial charge in [0.25, 0.3) is 0 Å². The van der Waals surface area contributed by atoms with Crippen LogP contribution in [0.3, 0.4) is 0 Å². The molecule has 0 saturated carbocycles. The maximum atomic E-state index is 14.2. The number of aromatic carboxylic acids is 2. The number of ketones is 2. The number of hydrogen-bond acceptors (Lipinski definition) is 4. The van der Waals surface area contributed by atoms with Crippen molar-refractivity contribution in [2.45, 2.75) is 195 Å². The van der Waals surface area contributed by atoms with Crippen molar-refractivity contribution in [1.29, 1.82) is 0 Å². The van der Waals surface area contributed by atoms with E-state index in [0.717, 1.165) is 96.3 Å². The minimum Gasteiger partial charge on any atom is -0.478 e. The number of rotatable bonds is 30. The van der Waals surface area contributed by atoms with Gasteiger partial charge in [0.15, 0.2) is 11.6 Å². The van der Waals surface area contributed by atoms with Crippen molar-refractivity contribution in [3.63, 3.8) is 0 Å². The summed E-state index contributed by atoms with van der Waals surface area (Å²) in [6, 6.07) is 0. The summed E-state index contributed by atoms with van der Waals surface area (Å²) in [7, 11) is 0. The molecule has 2 N–H and O–H groups in total. The molecule has 0 spiro atoms. The van der Waals surface area contributed by atoms with Crippen LogP contribution >= 0.6 is 0 Å². The Labute approximate surface area is 280 Å². The van der Waals surface area contributed by atoms with Crippen molar-refractivity contribution in [2.24, 2.45) is 0 Å².